The molecule has 1 aromatic rings. The SMILES string of the molecule is CC1CN(Cc2ccco2)CC(CN)N(C)C1. The van der Waals surface area contributed by atoms with Crippen molar-refractivity contribution >= 4 is 0 Å². The summed E-state index contributed by atoms with van der Waals surface area (Å²) in [5.41, 5.74) is 5.85. The van der Waals surface area contributed by atoms with E-state index in [4.69, 9.17) is 10.2 Å². The van der Waals surface area contributed by atoms with E-state index < -0.39 is 0 Å². The highest BCUT2D eigenvalue weighted by atomic mass is 16.3. The van der Waals surface area contributed by atoms with Gasteiger partial charge in [-0.3, -0.25) is 4.90 Å². The Kier molecular flexibility index (Phi) is 4.20. The molecule has 1 aliphatic heterocycles. The molecule has 2 atom stereocenters. The molecule has 0 amide bonds. The highest BCUT2D eigenvalue weighted by molar-refractivity contribution is 4.98. The molecule has 2 heterocycles. The molecule has 0 spiro atoms. The van der Waals surface area contributed by atoms with Gasteiger partial charge < -0.3 is 15.1 Å². The van der Waals surface area contributed by atoms with Crippen molar-refractivity contribution in [2.45, 2.75) is 19.5 Å². The second-order valence-corrected chi connectivity index (χ2v) is 5.21. The van der Waals surface area contributed by atoms with Gasteiger partial charge in [-0.2, -0.15) is 0 Å². The number of hydrogen-bond donors (Lipinski definition) is 1. The minimum atomic E-state index is 0.454. The maximum Gasteiger partial charge on any atom is 0.117 e. The minimum Gasteiger partial charge on any atom is -0.468 e. The predicted octanol–water partition coefficient (Wildman–Crippen LogP) is 0.990. The lowest BCUT2D eigenvalue weighted by molar-refractivity contribution is 0.198. The Hall–Kier alpha value is -0.840. The van der Waals surface area contributed by atoms with E-state index in [2.05, 4.69) is 23.8 Å². The van der Waals surface area contributed by atoms with E-state index in [9.17, 15) is 0 Å². The number of rotatable bonds is 3. The molecule has 2 rings (SSSR count). The summed E-state index contributed by atoms with van der Waals surface area (Å²) in [4.78, 5) is 4.83. The maximum atomic E-state index is 5.85. The molecule has 1 aromatic heterocycles. The molecule has 17 heavy (non-hydrogen) atoms. The van der Waals surface area contributed by atoms with Gasteiger partial charge in [-0.1, -0.05) is 6.92 Å². The number of likely N-dealkylation sites (N-methyl/N-ethyl adjacent to an activating group) is 1. The zero-order chi connectivity index (χ0) is 12.3. The molecule has 1 aliphatic rings. The zero-order valence-corrected chi connectivity index (χ0v) is 10.8. The number of nitrogens with two attached hydrogens (primary N) is 1. The fraction of sp³-hybridized carbons (Fsp3) is 0.692. The van der Waals surface area contributed by atoms with Crippen molar-refractivity contribution in [3.8, 4) is 0 Å². The van der Waals surface area contributed by atoms with Crippen LogP contribution < -0.4 is 5.73 Å². The smallest absolute Gasteiger partial charge is 0.117 e. The average molecular weight is 237 g/mol. The Labute approximate surface area is 103 Å². The summed E-state index contributed by atoms with van der Waals surface area (Å²) in [5.74, 6) is 1.71. The van der Waals surface area contributed by atoms with Gasteiger partial charge in [-0.25, -0.2) is 0 Å². The molecule has 4 nitrogen and oxygen atoms in total. The van der Waals surface area contributed by atoms with Crippen LogP contribution in [0.1, 0.15) is 12.7 Å². The predicted molar refractivity (Wildman–Crippen MR) is 68.6 cm³/mol. The lowest BCUT2D eigenvalue weighted by atomic mass is 10.1. The fourth-order valence-electron chi connectivity index (χ4n) is 2.66. The summed E-state index contributed by atoms with van der Waals surface area (Å²) in [6.45, 7) is 7.17. The summed E-state index contributed by atoms with van der Waals surface area (Å²) >= 11 is 0. The maximum absolute atomic E-state index is 5.85. The van der Waals surface area contributed by atoms with Gasteiger partial charge in [-0.05, 0) is 25.1 Å². The first kappa shape index (κ1) is 12.6. The van der Waals surface area contributed by atoms with Crippen molar-refractivity contribution in [2.75, 3.05) is 33.2 Å². The zero-order valence-electron chi connectivity index (χ0n) is 10.8. The number of nitrogens with zero attached hydrogens (tertiary/aromatic N) is 2. The summed E-state index contributed by atoms with van der Waals surface area (Å²) < 4.78 is 5.42. The highest BCUT2D eigenvalue weighted by Crippen LogP contribution is 2.15. The molecule has 0 bridgehead atoms. The molecule has 2 N–H and O–H groups in total. The Morgan fingerprint density at radius 1 is 1.41 bits per heavy atom. The van der Waals surface area contributed by atoms with Crippen LogP contribution in [-0.2, 0) is 6.54 Å². The summed E-state index contributed by atoms with van der Waals surface area (Å²) in [7, 11) is 2.17. The summed E-state index contributed by atoms with van der Waals surface area (Å²) in [6, 6.07) is 4.44. The van der Waals surface area contributed by atoms with Gasteiger partial charge in [0.25, 0.3) is 0 Å². The van der Waals surface area contributed by atoms with Gasteiger partial charge in [0.1, 0.15) is 5.76 Å². The first-order chi connectivity index (χ1) is 8.19. The molecule has 0 saturated carbocycles. The third-order valence-corrected chi connectivity index (χ3v) is 3.49. The van der Waals surface area contributed by atoms with Crippen LogP contribution in [-0.4, -0.2) is 49.1 Å². The molecule has 1 fully saturated rings. The van der Waals surface area contributed by atoms with Crippen molar-refractivity contribution in [2.24, 2.45) is 11.7 Å². The topological polar surface area (TPSA) is 45.6 Å². The summed E-state index contributed by atoms with van der Waals surface area (Å²) in [5, 5.41) is 0. The van der Waals surface area contributed by atoms with E-state index in [0.717, 1.165) is 38.5 Å². The van der Waals surface area contributed by atoms with E-state index in [1.165, 1.54) is 0 Å². The third-order valence-electron chi connectivity index (χ3n) is 3.49. The molecule has 1 saturated heterocycles. The van der Waals surface area contributed by atoms with Crippen LogP contribution in [0.2, 0.25) is 0 Å². The second kappa shape index (κ2) is 5.67. The Morgan fingerprint density at radius 3 is 2.88 bits per heavy atom. The monoisotopic (exact) mass is 237 g/mol. The van der Waals surface area contributed by atoms with Crippen LogP contribution in [0.15, 0.2) is 22.8 Å². The molecular formula is C13H23N3O. The van der Waals surface area contributed by atoms with Crippen molar-refractivity contribution in [1.82, 2.24) is 9.80 Å². The normalized spacial score (nSPS) is 28.2. The molecule has 0 radical (unpaired) electrons. The molecule has 96 valence electrons. The first-order valence-electron chi connectivity index (χ1n) is 6.34. The Morgan fingerprint density at radius 2 is 2.24 bits per heavy atom. The van der Waals surface area contributed by atoms with Crippen LogP contribution in [0.4, 0.5) is 0 Å². The molecule has 2 unspecified atom stereocenters. The van der Waals surface area contributed by atoms with Crippen molar-refractivity contribution in [3.63, 3.8) is 0 Å². The van der Waals surface area contributed by atoms with Gasteiger partial charge in [0.15, 0.2) is 0 Å². The Bertz CT molecular complexity index is 325. The van der Waals surface area contributed by atoms with Crippen LogP contribution in [0, 0.1) is 5.92 Å². The second-order valence-electron chi connectivity index (χ2n) is 5.21. The third kappa shape index (κ3) is 3.31. The van der Waals surface area contributed by atoms with Crippen molar-refractivity contribution < 1.29 is 4.42 Å². The first-order valence-corrected chi connectivity index (χ1v) is 6.34. The molecular weight excluding hydrogens is 214 g/mol. The lowest BCUT2D eigenvalue weighted by Crippen LogP contribution is -2.43. The minimum absolute atomic E-state index is 0.454. The van der Waals surface area contributed by atoms with Gasteiger partial charge in [0.2, 0.25) is 0 Å². The number of hydrogen-bond acceptors (Lipinski definition) is 4. The van der Waals surface area contributed by atoms with Crippen LogP contribution >= 0.6 is 0 Å². The van der Waals surface area contributed by atoms with E-state index in [0.29, 0.717) is 12.0 Å². The Balaban J connectivity index is 2.00. The lowest BCUT2D eigenvalue weighted by Gasteiger charge is -2.27. The van der Waals surface area contributed by atoms with Gasteiger partial charge in [-0.15, -0.1) is 0 Å². The van der Waals surface area contributed by atoms with Crippen molar-refractivity contribution in [3.05, 3.63) is 24.2 Å². The van der Waals surface area contributed by atoms with Crippen LogP contribution in [0.25, 0.3) is 0 Å². The molecule has 0 aliphatic carbocycles. The van der Waals surface area contributed by atoms with Crippen LogP contribution in [0.3, 0.4) is 0 Å². The quantitative estimate of drug-likeness (QED) is 0.851. The van der Waals surface area contributed by atoms with E-state index >= 15 is 0 Å². The average Bonchev–Trinajstić information content (AvgIpc) is 2.72. The van der Waals surface area contributed by atoms with E-state index in [1.807, 2.05) is 12.1 Å². The standard InChI is InChI=1S/C13H23N3O/c1-11-7-15(2)12(6-14)9-16(8-11)10-13-4-3-5-17-13/h3-5,11-12H,6-10,14H2,1-2H3. The van der Waals surface area contributed by atoms with Gasteiger partial charge in [0.05, 0.1) is 12.8 Å². The highest BCUT2D eigenvalue weighted by Gasteiger charge is 2.25. The molecule has 0 aromatic carbocycles. The van der Waals surface area contributed by atoms with E-state index in [1.54, 1.807) is 6.26 Å². The molecule has 4 heteroatoms. The largest absolute Gasteiger partial charge is 0.468 e. The van der Waals surface area contributed by atoms with Gasteiger partial charge >= 0.3 is 0 Å². The number of furan rings is 1. The van der Waals surface area contributed by atoms with Crippen molar-refractivity contribution in [1.29, 1.82) is 0 Å². The fourth-order valence-corrected chi connectivity index (χ4v) is 2.66. The van der Waals surface area contributed by atoms with Gasteiger partial charge in [0, 0.05) is 32.2 Å². The summed E-state index contributed by atoms with van der Waals surface area (Å²) in [6.07, 6.45) is 1.74. The van der Waals surface area contributed by atoms with E-state index in [-0.39, 0.29) is 0 Å². The van der Waals surface area contributed by atoms with Crippen LogP contribution in [0.5, 0.6) is 0 Å².